The van der Waals surface area contributed by atoms with E-state index in [4.69, 9.17) is 4.98 Å². The fraction of sp³-hybridized carbons (Fsp3) is 0.476. The number of hydrogen-bond donors (Lipinski definition) is 0. The molecule has 4 amide bonds. The third kappa shape index (κ3) is 2.20. The van der Waals surface area contributed by atoms with E-state index in [1.807, 2.05) is 17.9 Å². The van der Waals surface area contributed by atoms with E-state index in [-0.39, 0.29) is 12.0 Å². The molecule has 2 saturated heterocycles. The molecule has 0 N–H and O–H groups in total. The number of aryl methyl sites for hydroxylation is 1. The fourth-order valence-corrected chi connectivity index (χ4v) is 5.28. The molecule has 0 unspecified atom stereocenters. The smallest absolute Gasteiger partial charge is 0.332 e. The van der Waals surface area contributed by atoms with E-state index in [0.29, 0.717) is 30.0 Å². The maximum atomic E-state index is 13.5. The van der Waals surface area contributed by atoms with Crippen molar-refractivity contribution in [1.82, 2.24) is 19.2 Å². The average molecular weight is 409 g/mol. The van der Waals surface area contributed by atoms with Gasteiger partial charge in [-0.15, -0.1) is 0 Å². The zero-order valence-electron chi connectivity index (χ0n) is 17.2. The van der Waals surface area contributed by atoms with Gasteiger partial charge in [0, 0.05) is 33.3 Å². The van der Waals surface area contributed by atoms with Crippen LogP contribution < -0.4 is 10.5 Å². The summed E-state index contributed by atoms with van der Waals surface area (Å²) in [6.07, 6.45) is 4.04. The lowest BCUT2D eigenvalue weighted by atomic mass is 9.66. The van der Waals surface area contributed by atoms with E-state index in [9.17, 15) is 19.2 Å². The second-order valence-electron chi connectivity index (χ2n) is 8.52. The van der Waals surface area contributed by atoms with Gasteiger partial charge in [0.25, 0.3) is 5.56 Å². The summed E-state index contributed by atoms with van der Waals surface area (Å²) in [7, 11) is 2.79. The number of rotatable bonds is 0. The van der Waals surface area contributed by atoms with Gasteiger partial charge in [0.1, 0.15) is 11.5 Å². The number of barbiturate groups is 1. The van der Waals surface area contributed by atoms with Crippen molar-refractivity contribution >= 4 is 29.3 Å². The van der Waals surface area contributed by atoms with E-state index in [2.05, 4.69) is 0 Å². The van der Waals surface area contributed by atoms with Crippen LogP contribution in [0.2, 0.25) is 0 Å². The van der Waals surface area contributed by atoms with Crippen molar-refractivity contribution in [3.8, 4) is 0 Å². The van der Waals surface area contributed by atoms with Gasteiger partial charge in [0.15, 0.2) is 5.41 Å². The minimum atomic E-state index is -1.50. The Morgan fingerprint density at radius 1 is 1.03 bits per heavy atom. The lowest BCUT2D eigenvalue weighted by Gasteiger charge is -2.53. The van der Waals surface area contributed by atoms with E-state index < -0.39 is 29.3 Å². The Balaban J connectivity index is 1.80. The van der Waals surface area contributed by atoms with Gasteiger partial charge in [-0.1, -0.05) is 6.07 Å². The number of nitrogens with zero attached hydrogens (tertiary/aromatic N) is 5. The zero-order chi connectivity index (χ0) is 21.4. The Morgan fingerprint density at radius 3 is 2.43 bits per heavy atom. The van der Waals surface area contributed by atoms with Gasteiger partial charge in [0.2, 0.25) is 11.8 Å². The van der Waals surface area contributed by atoms with Crippen molar-refractivity contribution in [1.29, 1.82) is 0 Å². The molecule has 1 atom stereocenters. The molecule has 2 aromatic rings. The second kappa shape index (κ2) is 6.13. The minimum Gasteiger partial charge on any atom is -0.352 e. The molecule has 0 saturated carbocycles. The van der Waals surface area contributed by atoms with Gasteiger partial charge >= 0.3 is 6.03 Å². The van der Waals surface area contributed by atoms with Gasteiger partial charge in [-0.3, -0.25) is 28.6 Å². The molecule has 2 aromatic heterocycles. The molecule has 0 aliphatic carbocycles. The first-order valence-electron chi connectivity index (χ1n) is 10.2. The average Bonchev–Trinajstić information content (AvgIpc) is 2.76. The third-order valence-electron chi connectivity index (χ3n) is 6.79. The molecule has 0 radical (unpaired) electrons. The number of amides is 4. The Kier molecular flexibility index (Phi) is 3.84. The summed E-state index contributed by atoms with van der Waals surface area (Å²) in [5, 5.41) is 0. The molecule has 9 heteroatoms. The molecule has 0 bridgehead atoms. The highest BCUT2D eigenvalue weighted by Gasteiger charge is 2.63. The number of carbonyl (C=O) groups is 3. The number of hydrogen-bond acceptors (Lipinski definition) is 6. The van der Waals surface area contributed by atoms with Gasteiger partial charge < -0.3 is 4.90 Å². The highest BCUT2D eigenvalue weighted by molar-refractivity contribution is 6.20. The minimum absolute atomic E-state index is 0.0498. The molecule has 5 heterocycles. The van der Waals surface area contributed by atoms with Crippen molar-refractivity contribution < 1.29 is 14.4 Å². The maximum absolute atomic E-state index is 13.5. The third-order valence-corrected chi connectivity index (χ3v) is 6.79. The number of urea groups is 1. The Labute approximate surface area is 172 Å². The van der Waals surface area contributed by atoms with E-state index >= 15 is 0 Å². The SMILES string of the molecule is Cc1ccc2nc3c(c(=O)n2c1)CC1(C(=O)N(C)C(=O)N(C)C1=O)[C@@H]1CCCCN31. The van der Waals surface area contributed by atoms with Crippen LogP contribution in [0, 0.1) is 12.3 Å². The first kappa shape index (κ1) is 18.8. The molecule has 0 aromatic carbocycles. The van der Waals surface area contributed by atoms with Crippen molar-refractivity contribution in [3.63, 3.8) is 0 Å². The molecular weight excluding hydrogens is 386 g/mol. The summed E-state index contributed by atoms with van der Waals surface area (Å²) in [5.41, 5.74) is 0.0286. The monoisotopic (exact) mass is 409 g/mol. The summed E-state index contributed by atoms with van der Waals surface area (Å²) >= 11 is 0. The lowest BCUT2D eigenvalue weighted by molar-refractivity contribution is -0.159. The van der Waals surface area contributed by atoms with Crippen molar-refractivity contribution in [2.24, 2.45) is 5.41 Å². The number of piperidine rings is 1. The summed E-state index contributed by atoms with van der Waals surface area (Å²) < 4.78 is 1.47. The van der Waals surface area contributed by atoms with E-state index in [1.54, 1.807) is 12.3 Å². The Hall–Kier alpha value is -3.23. The van der Waals surface area contributed by atoms with Crippen LogP contribution in [0.5, 0.6) is 0 Å². The van der Waals surface area contributed by atoms with Crippen LogP contribution in [0.1, 0.15) is 30.4 Å². The Bertz CT molecular complexity index is 1160. The van der Waals surface area contributed by atoms with Crippen LogP contribution in [0.3, 0.4) is 0 Å². The van der Waals surface area contributed by atoms with Crippen LogP contribution in [0.25, 0.3) is 5.65 Å². The molecule has 5 rings (SSSR count). The molecule has 30 heavy (non-hydrogen) atoms. The predicted octanol–water partition coefficient (Wildman–Crippen LogP) is 0.955. The summed E-state index contributed by atoms with van der Waals surface area (Å²) in [6.45, 7) is 2.49. The van der Waals surface area contributed by atoms with Crippen molar-refractivity contribution in [3.05, 3.63) is 39.8 Å². The van der Waals surface area contributed by atoms with Crippen LogP contribution in [-0.2, 0) is 16.0 Å². The first-order valence-corrected chi connectivity index (χ1v) is 10.2. The van der Waals surface area contributed by atoms with Crippen LogP contribution in [0.15, 0.2) is 23.1 Å². The predicted molar refractivity (Wildman–Crippen MR) is 108 cm³/mol. The van der Waals surface area contributed by atoms with Crippen LogP contribution in [0.4, 0.5) is 10.6 Å². The first-order chi connectivity index (χ1) is 14.3. The quantitative estimate of drug-likeness (QED) is 0.602. The molecule has 2 fully saturated rings. The molecule has 3 aliphatic heterocycles. The second-order valence-corrected chi connectivity index (χ2v) is 8.52. The highest BCUT2D eigenvalue weighted by atomic mass is 16.2. The number of fused-ring (bicyclic) bond motifs is 5. The van der Waals surface area contributed by atoms with Gasteiger partial charge in [-0.05, 0) is 37.8 Å². The number of imide groups is 2. The Morgan fingerprint density at radius 2 is 1.73 bits per heavy atom. The van der Waals surface area contributed by atoms with Gasteiger partial charge in [-0.2, -0.15) is 0 Å². The van der Waals surface area contributed by atoms with E-state index in [0.717, 1.165) is 28.2 Å². The number of pyridine rings is 1. The molecule has 9 nitrogen and oxygen atoms in total. The maximum Gasteiger partial charge on any atom is 0.332 e. The zero-order valence-corrected chi connectivity index (χ0v) is 17.2. The van der Waals surface area contributed by atoms with Gasteiger partial charge in [-0.25, -0.2) is 9.78 Å². The van der Waals surface area contributed by atoms with Crippen molar-refractivity contribution in [2.75, 3.05) is 25.5 Å². The van der Waals surface area contributed by atoms with E-state index in [1.165, 1.54) is 18.5 Å². The number of carbonyl (C=O) groups excluding carboxylic acids is 3. The standard InChI is InChI=1S/C21H23N5O4/c1-12-7-8-15-22-16-13(17(27)26(15)11-12)10-21(14-6-4-5-9-25(14)16)18(28)23(2)20(30)24(3)19(21)29/h7-8,11,14H,4-6,9-10H2,1-3H3/t14-/m0/s1. The molecule has 156 valence electrons. The largest absolute Gasteiger partial charge is 0.352 e. The van der Waals surface area contributed by atoms with Crippen LogP contribution in [-0.4, -0.2) is 63.7 Å². The van der Waals surface area contributed by atoms with Crippen molar-refractivity contribution in [2.45, 2.75) is 38.6 Å². The van der Waals surface area contributed by atoms with Gasteiger partial charge in [0.05, 0.1) is 11.6 Å². The normalized spacial score (nSPS) is 23.2. The topological polar surface area (TPSA) is 95.3 Å². The lowest BCUT2D eigenvalue weighted by Crippen LogP contribution is -2.72. The number of anilines is 1. The summed E-state index contributed by atoms with van der Waals surface area (Å²) in [5.74, 6) is -0.513. The summed E-state index contributed by atoms with van der Waals surface area (Å²) in [4.78, 5) is 61.5. The molecule has 1 spiro atoms. The highest BCUT2D eigenvalue weighted by Crippen LogP contribution is 2.47. The summed E-state index contributed by atoms with van der Waals surface area (Å²) in [6, 6.07) is 2.62. The molecular formula is C21H23N5O4. The number of aromatic nitrogens is 2. The van der Waals surface area contributed by atoms with Crippen LogP contribution >= 0.6 is 0 Å². The fourth-order valence-electron chi connectivity index (χ4n) is 5.28. The molecule has 3 aliphatic rings.